The third kappa shape index (κ3) is 6.25. The summed E-state index contributed by atoms with van der Waals surface area (Å²) in [6.45, 7) is 8.74. The van der Waals surface area contributed by atoms with Crippen molar-refractivity contribution in [1.29, 1.82) is 0 Å². The molecular weight excluding hydrogens is 270 g/mol. The molecule has 0 aromatic carbocycles. The van der Waals surface area contributed by atoms with Crippen LogP contribution in [0.1, 0.15) is 40.5 Å². The van der Waals surface area contributed by atoms with Gasteiger partial charge >= 0.3 is 0 Å². The molecule has 0 aromatic rings. The summed E-state index contributed by atoms with van der Waals surface area (Å²) in [5.41, 5.74) is 0. The zero-order chi connectivity index (χ0) is 16.0. The fourth-order valence-electron chi connectivity index (χ4n) is 2.68. The lowest BCUT2D eigenvalue weighted by molar-refractivity contribution is -0.128. The van der Waals surface area contributed by atoms with E-state index < -0.39 is 6.04 Å². The molecule has 120 valence electrons. The molecule has 0 aliphatic carbocycles. The normalized spacial score (nSPS) is 18.3. The molecule has 2 N–H and O–H groups in total. The molecule has 2 amide bonds. The van der Waals surface area contributed by atoms with Gasteiger partial charge in [0.2, 0.25) is 11.8 Å². The summed E-state index contributed by atoms with van der Waals surface area (Å²) < 4.78 is 0. The number of piperidine rings is 1. The summed E-state index contributed by atoms with van der Waals surface area (Å²) in [6, 6.07) is -0.197. The number of rotatable bonds is 6. The van der Waals surface area contributed by atoms with Crippen LogP contribution >= 0.6 is 0 Å². The molecule has 1 saturated heterocycles. The standard InChI is InChI=1S/C15H27N3O3/c1-10(2)15(11(3)19)17-14(21)9-18-7-5-13(6-8-18)16-12(4)20/h10,13,15H,5-9H2,1-4H3,(H,16,20)(H,17,21). The van der Waals surface area contributed by atoms with E-state index in [0.29, 0.717) is 6.54 Å². The van der Waals surface area contributed by atoms with E-state index in [1.807, 2.05) is 13.8 Å². The molecule has 1 aliphatic heterocycles. The van der Waals surface area contributed by atoms with Crippen molar-refractivity contribution in [2.24, 2.45) is 5.92 Å². The van der Waals surface area contributed by atoms with Gasteiger partial charge in [0.15, 0.2) is 5.78 Å². The molecule has 1 rings (SSSR count). The van der Waals surface area contributed by atoms with Crippen LogP contribution in [-0.4, -0.2) is 54.2 Å². The Kier molecular flexibility index (Phi) is 6.81. The first-order chi connectivity index (χ1) is 9.79. The Hall–Kier alpha value is -1.43. The average molecular weight is 297 g/mol. The highest BCUT2D eigenvalue weighted by Gasteiger charge is 2.24. The Balaban J connectivity index is 2.36. The molecule has 0 aromatic heterocycles. The first-order valence-corrected chi connectivity index (χ1v) is 7.59. The highest BCUT2D eigenvalue weighted by atomic mass is 16.2. The van der Waals surface area contributed by atoms with Gasteiger partial charge in [0.25, 0.3) is 0 Å². The molecule has 6 heteroatoms. The fraction of sp³-hybridized carbons (Fsp3) is 0.800. The van der Waals surface area contributed by atoms with Crippen molar-refractivity contribution in [1.82, 2.24) is 15.5 Å². The van der Waals surface area contributed by atoms with E-state index in [-0.39, 0.29) is 29.6 Å². The zero-order valence-corrected chi connectivity index (χ0v) is 13.4. The van der Waals surface area contributed by atoms with Crippen molar-refractivity contribution in [3.63, 3.8) is 0 Å². The smallest absolute Gasteiger partial charge is 0.234 e. The van der Waals surface area contributed by atoms with Crippen LogP contribution in [0, 0.1) is 5.92 Å². The van der Waals surface area contributed by atoms with Gasteiger partial charge in [-0.3, -0.25) is 19.3 Å². The SMILES string of the molecule is CC(=O)NC1CCN(CC(=O)NC(C(C)=O)C(C)C)CC1. The van der Waals surface area contributed by atoms with Gasteiger partial charge in [0.1, 0.15) is 0 Å². The Morgan fingerprint density at radius 2 is 1.71 bits per heavy atom. The van der Waals surface area contributed by atoms with Crippen LogP contribution in [-0.2, 0) is 14.4 Å². The first-order valence-electron chi connectivity index (χ1n) is 7.59. The second kappa shape index (κ2) is 8.12. The maximum atomic E-state index is 12.0. The van der Waals surface area contributed by atoms with E-state index in [9.17, 15) is 14.4 Å². The van der Waals surface area contributed by atoms with E-state index in [0.717, 1.165) is 25.9 Å². The van der Waals surface area contributed by atoms with Crippen molar-refractivity contribution >= 4 is 17.6 Å². The number of nitrogens with zero attached hydrogens (tertiary/aromatic N) is 1. The zero-order valence-electron chi connectivity index (χ0n) is 13.4. The molecule has 1 aliphatic rings. The molecule has 0 bridgehead atoms. The van der Waals surface area contributed by atoms with Crippen LogP contribution in [0.4, 0.5) is 0 Å². The number of carbonyl (C=O) groups is 3. The molecule has 21 heavy (non-hydrogen) atoms. The predicted octanol–water partition coefficient (Wildman–Crippen LogP) is 0.317. The summed E-state index contributed by atoms with van der Waals surface area (Å²) in [5, 5.41) is 5.71. The van der Waals surface area contributed by atoms with Crippen LogP contribution in [0.2, 0.25) is 0 Å². The fourth-order valence-corrected chi connectivity index (χ4v) is 2.68. The maximum Gasteiger partial charge on any atom is 0.234 e. The van der Waals surface area contributed by atoms with Gasteiger partial charge in [-0.1, -0.05) is 13.8 Å². The molecule has 1 unspecified atom stereocenters. The predicted molar refractivity (Wildman–Crippen MR) is 80.7 cm³/mol. The van der Waals surface area contributed by atoms with E-state index in [1.165, 1.54) is 13.8 Å². The minimum atomic E-state index is -0.408. The highest BCUT2D eigenvalue weighted by Crippen LogP contribution is 2.10. The summed E-state index contributed by atoms with van der Waals surface area (Å²) in [7, 11) is 0. The number of ketones is 1. The highest BCUT2D eigenvalue weighted by molar-refractivity contribution is 5.88. The lowest BCUT2D eigenvalue weighted by atomic mass is 10.0. The van der Waals surface area contributed by atoms with Crippen LogP contribution in [0.5, 0.6) is 0 Å². The number of nitrogens with one attached hydrogen (secondary N) is 2. The average Bonchev–Trinajstić information content (AvgIpc) is 2.37. The Labute approximate surface area is 126 Å². The number of carbonyl (C=O) groups excluding carboxylic acids is 3. The number of Topliss-reactive ketones (excluding diaryl/α,β-unsaturated/α-hetero) is 1. The first kappa shape index (κ1) is 17.6. The molecule has 0 spiro atoms. The lowest BCUT2D eigenvalue weighted by Crippen LogP contribution is -2.50. The quantitative estimate of drug-likeness (QED) is 0.740. The van der Waals surface area contributed by atoms with Crippen molar-refractivity contribution in [2.45, 2.75) is 52.6 Å². The minimum Gasteiger partial charge on any atom is -0.354 e. The van der Waals surface area contributed by atoms with E-state index >= 15 is 0 Å². The third-order valence-electron chi connectivity index (χ3n) is 3.78. The van der Waals surface area contributed by atoms with E-state index in [4.69, 9.17) is 0 Å². The van der Waals surface area contributed by atoms with Gasteiger partial charge < -0.3 is 10.6 Å². The number of likely N-dealkylation sites (tertiary alicyclic amines) is 1. The van der Waals surface area contributed by atoms with Gasteiger partial charge in [0, 0.05) is 26.1 Å². The molecule has 1 fully saturated rings. The van der Waals surface area contributed by atoms with Crippen molar-refractivity contribution in [3.05, 3.63) is 0 Å². The molecular formula is C15H27N3O3. The lowest BCUT2D eigenvalue weighted by Gasteiger charge is -2.32. The Bertz CT molecular complexity index is 388. The summed E-state index contributed by atoms with van der Waals surface area (Å²) in [6.07, 6.45) is 1.71. The monoisotopic (exact) mass is 297 g/mol. The van der Waals surface area contributed by atoms with Gasteiger partial charge in [-0.2, -0.15) is 0 Å². The molecule has 0 saturated carbocycles. The van der Waals surface area contributed by atoms with Crippen LogP contribution in [0.15, 0.2) is 0 Å². The molecule has 1 atom stereocenters. The van der Waals surface area contributed by atoms with Crippen LogP contribution in [0.3, 0.4) is 0 Å². The second-order valence-corrected chi connectivity index (χ2v) is 6.15. The van der Waals surface area contributed by atoms with Crippen molar-refractivity contribution in [2.75, 3.05) is 19.6 Å². The third-order valence-corrected chi connectivity index (χ3v) is 3.78. The summed E-state index contributed by atoms with van der Waals surface area (Å²) in [4.78, 5) is 36.6. The maximum absolute atomic E-state index is 12.0. The van der Waals surface area contributed by atoms with Gasteiger partial charge in [-0.25, -0.2) is 0 Å². The van der Waals surface area contributed by atoms with Crippen LogP contribution in [0.25, 0.3) is 0 Å². The van der Waals surface area contributed by atoms with Crippen molar-refractivity contribution in [3.8, 4) is 0 Å². The largest absolute Gasteiger partial charge is 0.354 e. The minimum absolute atomic E-state index is 0.00701. The van der Waals surface area contributed by atoms with E-state index in [2.05, 4.69) is 15.5 Å². The summed E-state index contributed by atoms with van der Waals surface area (Å²) in [5.74, 6) is -0.0334. The van der Waals surface area contributed by atoms with Gasteiger partial charge in [-0.05, 0) is 25.7 Å². The van der Waals surface area contributed by atoms with E-state index in [1.54, 1.807) is 0 Å². The summed E-state index contributed by atoms with van der Waals surface area (Å²) >= 11 is 0. The Morgan fingerprint density at radius 1 is 1.14 bits per heavy atom. The molecule has 0 radical (unpaired) electrons. The van der Waals surface area contributed by atoms with Gasteiger partial charge in [0.05, 0.1) is 12.6 Å². The Morgan fingerprint density at radius 3 is 2.14 bits per heavy atom. The van der Waals surface area contributed by atoms with Gasteiger partial charge in [-0.15, -0.1) is 0 Å². The number of amides is 2. The number of hydrogen-bond donors (Lipinski definition) is 2. The molecule has 1 heterocycles. The molecule has 6 nitrogen and oxygen atoms in total. The van der Waals surface area contributed by atoms with Crippen molar-refractivity contribution < 1.29 is 14.4 Å². The number of hydrogen-bond acceptors (Lipinski definition) is 4. The second-order valence-electron chi connectivity index (χ2n) is 6.15. The topological polar surface area (TPSA) is 78.5 Å². The van der Waals surface area contributed by atoms with Crippen LogP contribution < -0.4 is 10.6 Å².